The van der Waals surface area contributed by atoms with Crippen molar-refractivity contribution in [3.8, 4) is 0 Å². The van der Waals surface area contributed by atoms with E-state index in [2.05, 4.69) is 12.2 Å². The van der Waals surface area contributed by atoms with E-state index < -0.39 is 5.91 Å². The Morgan fingerprint density at radius 2 is 1.70 bits per heavy atom. The zero-order valence-electron chi connectivity index (χ0n) is 5.62. The van der Waals surface area contributed by atoms with Crippen LogP contribution in [-0.4, -0.2) is 40.8 Å². The van der Waals surface area contributed by atoms with Gasteiger partial charge in [-0.25, -0.2) is 4.79 Å². The van der Waals surface area contributed by atoms with E-state index in [1.54, 1.807) is 0 Å². The number of amides is 3. The molecule has 0 aliphatic carbocycles. The largest absolute Gasteiger partial charge is 0.331 e. The fourth-order valence-electron chi connectivity index (χ4n) is 0.686. The number of nitrogens with zero attached hydrogens (tertiary/aromatic N) is 2. The lowest BCUT2D eigenvalue weighted by atomic mass is 10.6. The van der Waals surface area contributed by atoms with Gasteiger partial charge in [-0.2, -0.15) is 0 Å². The van der Waals surface area contributed by atoms with E-state index in [1.165, 1.54) is 14.1 Å². The van der Waals surface area contributed by atoms with Gasteiger partial charge in [-0.3, -0.25) is 14.6 Å². The van der Waals surface area contributed by atoms with Crippen LogP contribution in [0, 0.1) is 0 Å². The van der Waals surface area contributed by atoms with Crippen LogP contribution in [0.2, 0.25) is 0 Å². The molecule has 0 aromatic heterocycles. The molecule has 5 heteroatoms. The second kappa shape index (κ2) is 2.02. The smallest absolute Gasteiger partial charge is 0.283 e. The van der Waals surface area contributed by atoms with Crippen LogP contribution in [0.15, 0.2) is 0 Å². The zero-order chi connectivity index (χ0) is 7.89. The minimum absolute atomic E-state index is 0.0625. The SMILES string of the molecule is CN1C(=O)C(=S)N(C)C1=O. The zero-order valence-corrected chi connectivity index (χ0v) is 6.44. The van der Waals surface area contributed by atoms with Gasteiger partial charge in [-0.15, -0.1) is 0 Å². The maximum atomic E-state index is 10.9. The predicted molar refractivity (Wildman–Crippen MR) is 38.5 cm³/mol. The fourth-order valence-corrected chi connectivity index (χ4v) is 0.901. The van der Waals surface area contributed by atoms with Gasteiger partial charge in [0.15, 0.2) is 4.99 Å². The van der Waals surface area contributed by atoms with Gasteiger partial charge >= 0.3 is 6.03 Å². The van der Waals surface area contributed by atoms with Crippen LogP contribution in [0.4, 0.5) is 4.79 Å². The van der Waals surface area contributed by atoms with E-state index in [1.807, 2.05) is 0 Å². The Labute approximate surface area is 63.4 Å². The average molecular weight is 158 g/mol. The highest BCUT2D eigenvalue weighted by Gasteiger charge is 2.35. The van der Waals surface area contributed by atoms with Gasteiger partial charge < -0.3 is 0 Å². The maximum Gasteiger partial charge on any atom is 0.331 e. The molecule has 0 aromatic carbocycles. The lowest BCUT2D eigenvalue weighted by Crippen LogP contribution is -2.27. The summed E-state index contributed by atoms with van der Waals surface area (Å²) in [7, 11) is 2.88. The van der Waals surface area contributed by atoms with E-state index in [4.69, 9.17) is 0 Å². The number of hydrogen-bond donors (Lipinski definition) is 0. The lowest BCUT2D eigenvalue weighted by molar-refractivity contribution is -0.119. The summed E-state index contributed by atoms with van der Waals surface area (Å²) < 4.78 is 0. The predicted octanol–water partition coefficient (Wildman–Crippen LogP) is -0.162. The van der Waals surface area contributed by atoms with E-state index in [9.17, 15) is 9.59 Å². The van der Waals surface area contributed by atoms with Gasteiger partial charge in [-0.1, -0.05) is 12.2 Å². The fraction of sp³-hybridized carbons (Fsp3) is 0.400. The first kappa shape index (κ1) is 7.14. The number of carbonyl (C=O) groups is 2. The monoisotopic (exact) mass is 158 g/mol. The highest BCUT2D eigenvalue weighted by molar-refractivity contribution is 7.82. The first-order chi connectivity index (χ1) is 4.55. The van der Waals surface area contributed by atoms with Crippen molar-refractivity contribution in [2.45, 2.75) is 0 Å². The van der Waals surface area contributed by atoms with Crippen molar-refractivity contribution in [1.29, 1.82) is 0 Å². The third kappa shape index (κ3) is 0.706. The van der Waals surface area contributed by atoms with Crippen LogP contribution in [0.5, 0.6) is 0 Å². The summed E-state index contributed by atoms with van der Waals surface area (Å²) >= 11 is 4.63. The Morgan fingerprint density at radius 3 is 1.80 bits per heavy atom. The first-order valence-corrected chi connectivity index (χ1v) is 3.06. The van der Waals surface area contributed by atoms with E-state index in [0.717, 1.165) is 9.80 Å². The van der Waals surface area contributed by atoms with Gasteiger partial charge in [0.05, 0.1) is 0 Å². The Balaban J connectivity index is 3.00. The molecule has 54 valence electrons. The summed E-state index contributed by atoms with van der Waals surface area (Å²) in [6, 6.07) is -0.366. The van der Waals surface area contributed by atoms with Gasteiger partial charge in [-0.05, 0) is 0 Å². The average Bonchev–Trinajstić information content (AvgIpc) is 2.07. The Hall–Kier alpha value is -0.970. The standard InChI is InChI=1S/C5H6N2O2S/c1-6-3(8)4(10)7(2)5(6)9/h1-2H3. The van der Waals surface area contributed by atoms with Gasteiger partial charge in [0.2, 0.25) is 0 Å². The topological polar surface area (TPSA) is 40.6 Å². The molecule has 1 aliphatic rings. The number of hydrogen-bond acceptors (Lipinski definition) is 3. The van der Waals surface area contributed by atoms with Crippen LogP contribution in [-0.2, 0) is 4.79 Å². The van der Waals surface area contributed by atoms with Crippen LogP contribution in [0.3, 0.4) is 0 Å². The highest BCUT2D eigenvalue weighted by atomic mass is 32.1. The molecule has 0 N–H and O–H groups in total. The third-order valence-electron chi connectivity index (χ3n) is 1.37. The molecule has 0 spiro atoms. The Bertz CT molecular complexity index is 204. The number of likely N-dealkylation sites (N-methyl/N-ethyl adjacent to an activating group) is 2. The number of thiocarbonyl (C=S) groups is 1. The normalized spacial score (nSPS) is 19.2. The molecule has 1 fully saturated rings. The van der Waals surface area contributed by atoms with E-state index >= 15 is 0 Å². The molecular weight excluding hydrogens is 152 g/mol. The van der Waals surface area contributed by atoms with Gasteiger partial charge in [0.25, 0.3) is 5.91 Å². The molecule has 0 saturated carbocycles. The van der Waals surface area contributed by atoms with E-state index in [0.29, 0.717) is 0 Å². The van der Waals surface area contributed by atoms with Crippen molar-refractivity contribution in [3.63, 3.8) is 0 Å². The van der Waals surface area contributed by atoms with E-state index in [-0.39, 0.29) is 11.0 Å². The lowest BCUT2D eigenvalue weighted by Gasteiger charge is -2.04. The maximum absolute atomic E-state index is 10.9. The molecule has 4 nitrogen and oxygen atoms in total. The molecule has 3 amide bonds. The summed E-state index contributed by atoms with van der Waals surface area (Å²) in [6.07, 6.45) is 0. The van der Waals surface area contributed by atoms with Crippen molar-refractivity contribution in [2.75, 3.05) is 14.1 Å². The molecule has 1 rings (SSSR count). The van der Waals surface area contributed by atoms with Gasteiger partial charge in [0.1, 0.15) is 0 Å². The molecule has 1 aliphatic heterocycles. The molecule has 0 atom stereocenters. The minimum Gasteiger partial charge on any atom is -0.283 e. The Morgan fingerprint density at radius 1 is 1.20 bits per heavy atom. The minimum atomic E-state index is -0.400. The summed E-state index contributed by atoms with van der Waals surface area (Å²) in [5.74, 6) is -0.400. The molecule has 10 heavy (non-hydrogen) atoms. The molecule has 0 radical (unpaired) electrons. The summed E-state index contributed by atoms with van der Waals surface area (Å²) in [4.78, 5) is 23.9. The van der Waals surface area contributed by atoms with Crippen LogP contribution < -0.4 is 0 Å². The second-order valence-electron chi connectivity index (χ2n) is 2.01. The van der Waals surface area contributed by atoms with Crippen molar-refractivity contribution in [1.82, 2.24) is 9.80 Å². The van der Waals surface area contributed by atoms with Gasteiger partial charge in [0, 0.05) is 14.1 Å². The summed E-state index contributed by atoms with van der Waals surface area (Å²) in [5.41, 5.74) is 0. The molecule has 1 saturated heterocycles. The number of imide groups is 1. The third-order valence-corrected chi connectivity index (χ3v) is 1.81. The van der Waals surface area contributed by atoms with Crippen LogP contribution in [0.1, 0.15) is 0 Å². The number of carbonyl (C=O) groups excluding carboxylic acids is 2. The molecule has 0 bridgehead atoms. The quantitative estimate of drug-likeness (QED) is 0.363. The van der Waals surface area contributed by atoms with Crippen LogP contribution in [0.25, 0.3) is 0 Å². The molecule has 0 aromatic rings. The second-order valence-corrected chi connectivity index (χ2v) is 2.40. The van der Waals surface area contributed by atoms with Crippen molar-refractivity contribution in [2.24, 2.45) is 0 Å². The van der Waals surface area contributed by atoms with Crippen LogP contribution >= 0.6 is 12.2 Å². The summed E-state index contributed by atoms with van der Waals surface area (Å²) in [6.45, 7) is 0. The van der Waals surface area contributed by atoms with Crippen molar-refractivity contribution < 1.29 is 9.59 Å². The molecule has 0 unspecified atom stereocenters. The van der Waals surface area contributed by atoms with Crippen molar-refractivity contribution in [3.05, 3.63) is 0 Å². The highest BCUT2D eigenvalue weighted by Crippen LogP contribution is 2.07. The molecule has 1 heterocycles. The first-order valence-electron chi connectivity index (χ1n) is 2.65. The Kier molecular flexibility index (Phi) is 1.44. The molecular formula is C5H6N2O2S. The number of urea groups is 1. The van der Waals surface area contributed by atoms with Crippen molar-refractivity contribution >= 4 is 29.1 Å². The summed E-state index contributed by atoms with van der Waals surface area (Å²) in [5, 5.41) is 0. The number of rotatable bonds is 0.